The molecule has 7 heteroatoms. The van der Waals surface area contributed by atoms with Gasteiger partial charge in [-0.2, -0.15) is 0 Å². The van der Waals surface area contributed by atoms with E-state index in [-0.39, 0.29) is 17.9 Å². The molecule has 0 saturated heterocycles. The maximum absolute atomic E-state index is 13.4. The summed E-state index contributed by atoms with van der Waals surface area (Å²) in [4.78, 5) is 42.3. The van der Waals surface area contributed by atoms with E-state index in [0.717, 1.165) is 4.56 Å². The Hall–Kier alpha value is -1.57. The van der Waals surface area contributed by atoms with Crippen LogP contribution in [0.1, 0.15) is 107 Å². The molecule has 1 aromatic rings. The van der Waals surface area contributed by atoms with Gasteiger partial charge in [0.25, 0.3) is 0 Å². The van der Waals surface area contributed by atoms with Crippen molar-refractivity contribution in [3.63, 3.8) is 0 Å². The second-order valence-electron chi connectivity index (χ2n) is 11.4. The van der Waals surface area contributed by atoms with Gasteiger partial charge >= 0.3 is 224 Å². The molecule has 0 saturated carbocycles. The van der Waals surface area contributed by atoms with Crippen LogP contribution in [0.2, 0.25) is 13.3 Å². The SMILES string of the molecule is CCC[CH2][Sn]([CH2]CCC)([CH2]CCC)[CH2]N(CCCN1C(=O)c2ccccc2C1=O)C(=O)OC(C)(C)C. The molecule has 0 atom stereocenters. The first kappa shape index (κ1) is 30.7. The van der Waals surface area contributed by atoms with E-state index in [1.807, 2.05) is 25.7 Å². The van der Waals surface area contributed by atoms with Gasteiger partial charge in [-0.25, -0.2) is 0 Å². The molecule has 1 aliphatic rings. The van der Waals surface area contributed by atoms with Gasteiger partial charge in [-0.05, 0) is 0 Å². The van der Waals surface area contributed by atoms with Gasteiger partial charge in [0.05, 0.1) is 0 Å². The number of amides is 3. The summed E-state index contributed by atoms with van der Waals surface area (Å²) in [5.74, 6) is -0.469. The molecular formula is C29H48N2O4Sn. The Balaban J connectivity index is 2.19. The normalized spacial score (nSPS) is 13.8. The fourth-order valence-electron chi connectivity index (χ4n) is 5.10. The minimum absolute atomic E-state index is 0.234. The van der Waals surface area contributed by atoms with Crippen molar-refractivity contribution in [3.8, 4) is 0 Å². The van der Waals surface area contributed by atoms with Gasteiger partial charge in [-0.1, -0.05) is 0 Å². The molecule has 0 radical (unpaired) electrons. The molecule has 1 aliphatic heterocycles. The number of rotatable bonds is 15. The summed E-state index contributed by atoms with van der Waals surface area (Å²) in [7, 11) is 0. The molecule has 36 heavy (non-hydrogen) atoms. The van der Waals surface area contributed by atoms with Crippen LogP contribution in [0, 0.1) is 0 Å². The average Bonchev–Trinajstić information content (AvgIpc) is 3.08. The molecule has 3 amide bonds. The van der Waals surface area contributed by atoms with Crippen LogP contribution in [-0.2, 0) is 4.74 Å². The zero-order chi connectivity index (χ0) is 26.8. The number of fused-ring (bicyclic) bond motifs is 1. The van der Waals surface area contributed by atoms with Crippen LogP contribution in [0.15, 0.2) is 24.3 Å². The summed E-state index contributed by atoms with van der Waals surface area (Å²) in [5.41, 5.74) is 0.382. The van der Waals surface area contributed by atoms with Crippen molar-refractivity contribution in [3.05, 3.63) is 35.4 Å². The molecule has 0 N–H and O–H groups in total. The van der Waals surface area contributed by atoms with Gasteiger partial charge in [-0.15, -0.1) is 0 Å². The van der Waals surface area contributed by atoms with Gasteiger partial charge in [0.1, 0.15) is 0 Å². The first-order chi connectivity index (χ1) is 17.1. The van der Waals surface area contributed by atoms with E-state index in [1.54, 1.807) is 24.3 Å². The van der Waals surface area contributed by atoms with E-state index in [2.05, 4.69) is 20.8 Å². The number of imide groups is 1. The van der Waals surface area contributed by atoms with E-state index in [4.69, 9.17) is 4.74 Å². The maximum atomic E-state index is 13.4. The summed E-state index contributed by atoms with van der Waals surface area (Å²) in [5, 5.41) is 0. The number of ether oxygens (including phenoxy) is 1. The Morgan fingerprint density at radius 1 is 0.861 bits per heavy atom. The number of unbranched alkanes of at least 4 members (excludes halogenated alkanes) is 3. The van der Waals surface area contributed by atoms with Crippen LogP contribution in [0.5, 0.6) is 0 Å². The van der Waals surface area contributed by atoms with Crippen molar-refractivity contribution < 1.29 is 19.1 Å². The van der Waals surface area contributed by atoms with Gasteiger partial charge in [-0.3, -0.25) is 0 Å². The molecule has 1 aromatic carbocycles. The quantitative estimate of drug-likeness (QED) is 0.155. The molecule has 0 bridgehead atoms. The number of hydrogen-bond donors (Lipinski definition) is 0. The monoisotopic (exact) mass is 608 g/mol. The molecule has 0 aromatic heterocycles. The molecule has 0 aliphatic carbocycles. The summed E-state index contributed by atoms with van der Waals surface area (Å²) >= 11 is -2.67. The molecule has 0 spiro atoms. The van der Waals surface area contributed by atoms with Crippen LogP contribution in [0.3, 0.4) is 0 Å². The van der Waals surface area contributed by atoms with Crippen molar-refractivity contribution in [2.75, 3.05) is 17.7 Å². The zero-order valence-electron chi connectivity index (χ0n) is 23.5. The second-order valence-corrected chi connectivity index (χ2v) is 25.1. The van der Waals surface area contributed by atoms with Crippen molar-refractivity contribution in [2.45, 2.75) is 105 Å². The summed E-state index contributed by atoms with van der Waals surface area (Å²) in [6.07, 6.45) is 7.56. The third-order valence-electron chi connectivity index (χ3n) is 7.05. The Kier molecular flexibility index (Phi) is 12.3. The van der Waals surface area contributed by atoms with Gasteiger partial charge in [0, 0.05) is 0 Å². The van der Waals surface area contributed by atoms with Gasteiger partial charge < -0.3 is 0 Å². The molecule has 0 fully saturated rings. The van der Waals surface area contributed by atoms with E-state index in [0.29, 0.717) is 30.6 Å². The third-order valence-corrected chi connectivity index (χ3v) is 22.2. The number of carbonyl (C=O) groups is 3. The van der Waals surface area contributed by atoms with E-state index in [1.165, 1.54) is 56.7 Å². The van der Waals surface area contributed by atoms with Crippen molar-refractivity contribution in [1.29, 1.82) is 0 Å². The zero-order valence-corrected chi connectivity index (χ0v) is 26.4. The first-order valence-corrected chi connectivity index (χ1v) is 22.1. The molecule has 202 valence electrons. The van der Waals surface area contributed by atoms with Gasteiger partial charge in [0.2, 0.25) is 0 Å². The van der Waals surface area contributed by atoms with Crippen molar-refractivity contribution in [2.24, 2.45) is 0 Å². The first-order valence-electron chi connectivity index (χ1n) is 14.0. The van der Waals surface area contributed by atoms with Crippen molar-refractivity contribution >= 4 is 36.3 Å². The minimum atomic E-state index is -2.67. The third kappa shape index (κ3) is 8.77. The van der Waals surface area contributed by atoms with E-state index < -0.39 is 24.0 Å². The fourth-order valence-corrected chi connectivity index (χ4v) is 21.2. The number of carbonyl (C=O) groups excluding carboxylic acids is 3. The van der Waals surface area contributed by atoms with Crippen LogP contribution in [0.4, 0.5) is 4.79 Å². The fraction of sp³-hybridized carbons (Fsp3) is 0.690. The van der Waals surface area contributed by atoms with Crippen LogP contribution >= 0.6 is 0 Å². The Morgan fingerprint density at radius 3 is 1.75 bits per heavy atom. The molecule has 6 nitrogen and oxygen atoms in total. The summed E-state index contributed by atoms with van der Waals surface area (Å²) in [6, 6.07) is 6.99. The predicted molar refractivity (Wildman–Crippen MR) is 149 cm³/mol. The van der Waals surface area contributed by atoms with E-state index in [9.17, 15) is 14.4 Å². The summed E-state index contributed by atoms with van der Waals surface area (Å²) < 4.78 is 10.6. The average molecular weight is 607 g/mol. The predicted octanol–water partition coefficient (Wildman–Crippen LogP) is 7.30. The molecule has 1 heterocycles. The Morgan fingerprint density at radius 2 is 1.33 bits per heavy atom. The number of benzene rings is 1. The second kappa shape index (κ2) is 14.4. The molecule has 0 unspecified atom stereocenters. The van der Waals surface area contributed by atoms with E-state index >= 15 is 0 Å². The summed E-state index contributed by atoms with van der Waals surface area (Å²) in [6.45, 7) is 13.3. The van der Waals surface area contributed by atoms with Crippen LogP contribution in [-0.4, -0.2) is 69.3 Å². The number of hydrogen-bond acceptors (Lipinski definition) is 4. The molecule has 2 rings (SSSR count). The van der Waals surface area contributed by atoms with Crippen LogP contribution < -0.4 is 0 Å². The number of nitrogens with zero attached hydrogens (tertiary/aromatic N) is 2. The topological polar surface area (TPSA) is 66.9 Å². The van der Waals surface area contributed by atoms with Gasteiger partial charge in [0.15, 0.2) is 0 Å². The Bertz CT molecular complexity index is 823. The molecular weight excluding hydrogens is 559 g/mol. The van der Waals surface area contributed by atoms with Crippen LogP contribution in [0.25, 0.3) is 0 Å². The Labute approximate surface area is 223 Å². The van der Waals surface area contributed by atoms with Crippen molar-refractivity contribution in [1.82, 2.24) is 9.80 Å². The standard InChI is InChI=1S/C17H21N2O4.3C4H9.Sn/c1-17(2,3)23-16(22)18(4)10-7-11-19-14(20)12-8-5-6-9-13(12)15(19)21;3*1-3-4-2;/h5-6,8-9H,4,7,10-11H2,1-3H3;3*1,3-4H2,2H3;.